The van der Waals surface area contributed by atoms with Crippen LogP contribution in [0.4, 0.5) is 0 Å². The highest BCUT2D eigenvalue weighted by atomic mass is 16.5. The Hall–Kier alpha value is -1.84. The maximum Gasteiger partial charge on any atom is 0.338 e. The summed E-state index contributed by atoms with van der Waals surface area (Å²) in [4.78, 5) is 23.0. The molecule has 0 heterocycles. The van der Waals surface area contributed by atoms with Crippen LogP contribution in [0.1, 0.15) is 13.3 Å². The summed E-state index contributed by atoms with van der Waals surface area (Å²) in [6.45, 7) is 1.86. The summed E-state index contributed by atoms with van der Waals surface area (Å²) in [5.41, 5.74) is 1.40. The van der Waals surface area contributed by atoms with Crippen LogP contribution in [0.25, 0.3) is 0 Å². The van der Waals surface area contributed by atoms with Crippen LogP contribution >= 0.6 is 0 Å². The molecular weight excluding hydrogens is 208 g/mol. The van der Waals surface area contributed by atoms with Gasteiger partial charge in [-0.05, 0) is 19.4 Å². The molecule has 0 bridgehead atoms. The molecule has 0 radical (unpaired) electrons. The number of carbonyl (C=O) groups excluding carboxylic acids is 2. The number of ether oxygens (including phenoxy) is 2. The van der Waals surface area contributed by atoms with Crippen LogP contribution in [0.5, 0.6) is 0 Å². The molecule has 0 N–H and O–H groups in total. The minimum absolute atomic E-state index is 0.237. The molecular formula is C12H14O4. The Labute approximate surface area is 94.2 Å². The lowest BCUT2D eigenvalue weighted by atomic mass is 10.1. The summed E-state index contributed by atoms with van der Waals surface area (Å²) >= 11 is 0. The predicted molar refractivity (Wildman–Crippen MR) is 58.6 cm³/mol. The molecule has 0 amide bonds. The van der Waals surface area contributed by atoms with E-state index in [1.807, 2.05) is 13.0 Å². The summed E-state index contributed by atoms with van der Waals surface area (Å²) in [5.74, 6) is -1.06. The Balaban J connectivity index is 3.16. The van der Waals surface area contributed by atoms with Gasteiger partial charge in [-0.1, -0.05) is 17.7 Å². The molecule has 0 aromatic rings. The van der Waals surface area contributed by atoms with Crippen LogP contribution in [0.3, 0.4) is 0 Å². The smallest absolute Gasteiger partial charge is 0.338 e. The van der Waals surface area contributed by atoms with Gasteiger partial charge in [-0.25, -0.2) is 9.59 Å². The van der Waals surface area contributed by atoms with Gasteiger partial charge in [0, 0.05) is 0 Å². The van der Waals surface area contributed by atoms with Crippen molar-refractivity contribution in [3.8, 4) is 0 Å². The molecule has 16 heavy (non-hydrogen) atoms. The number of hydrogen-bond acceptors (Lipinski definition) is 4. The number of rotatable bonds is 2. The minimum atomic E-state index is -0.536. The van der Waals surface area contributed by atoms with E-state index in [1.54, 1.807) is 12.2 Å². The second-order valence-electron chi connectivity index (χ2n) is 3.34. The van der Waals surface area contributed by atoms with Crippen LogP contribution in [0, 0.1) is 0 Å². The van der Waals surface area contributed by atoms with Crippen molar-refractivity contribution in [2.24, 2.45) is 0 Å². The lowest BCUT2D eigenvalue weighted by Gasteiger charge is -2.07. The highest BCUT2D eigenvalue weighted by molar-refractivity contribution is 6.07. The van der Waals surface area contributed by atoms with Gasteiger partial charge in [-0.3, -0.25) is 0 Å². The average molecular weight is 222 g/mol. The predicted octanol–water partition coefficient (Wildman–Crippen LogP) is 1.54. The van der Waals surface area contributed by atoms with Gasteiger partial charge in [0.25, 0.3) is 0 Å². The fourth-order valence-electron chi connectivity index (χ4n) is 1.42. The molecule has 0 spiro atoms. The normalized spacial score (nSPS) is 15.3. The van der Waals surface area contributed by atoms with Gasteiger partial charge < -0.3 is 9.47 Å². The first-order chi connectivity index (χ1) is 7.60. The Morgan fingerprint density at radius 2 is 1.62 bits per heavy atom. The molecule has 1 rings (SSSR count). The van der Waals surface area contributed by atoms with Crippen LogP contribution in [-0.2, 0) is 19.1 Å². The van der Waals surface area contributed by atoms with Gasteiger partial charge in [0.2, 0.25) is 0 Å². The van der Waals surface area contributed by atoms with Crippen molar-refractivity contribution in [3.63, 3.8) is 0 Å². The molecule has 1 aliphatic rings. The van der Waals surface area contributed by atoms with Gasteiger partial charge in [0.1, 0.15) is 0 Å². The lowest BCUT2D eigenvalue weighted by molar-refractivity contribution is -0.139. The maximum atomic E-state index is 11.5. The Bertz CT molecular complexity index is 399. The average Bonchev–Trinajstić information content (AvgIpc) is 2.49. The molecule has 0 saturated heterocycles. The number of hydrogen-bond donors (Lipinski definition) is 0. The quantitative estimate of drug-likeness (QED) is 0.665. The topological polar surface area (TPSA) is 52.6 Å². The number of esters is 2. The van der Waals surface area contributed by atoms with Crippen molar-refractivity contribution in [3.05, 3.63) is 34.9 Å². The van der Waals surface area contributed by atoms with Crippen molar-refractivity contribution in [2.75, 3.05) is 14.2 Å². The number of carbonyl (C=O) groups is 2. The molecule has 4 nitrogen and oxygen atoms in total. The fraction of sp³-hybridized carbons (Fsp3) is 0.333. The zero-order valence-corrected chi connectivity index (χ0v) is 9.57. The molecule has 86 valence electrons. The third kappa shape index (κ3) is 2.59. The maximum absolute atomic E-state index is 11.5. The zero-order valence-electron chi connectivity index (χ0n) is 9.57. The van der Waals surface area contributed by atoms with Gasteiger partial charge >= 0.3 is 11.9 Å². The first kappa shape index (κ1) is 12.2. The molecule has 0 aromatic heterocycles. The van der Waals surface area contributed by atoms with E-state index < -0.39 is 11.9 Å². The van der Waals surface area contributed by atoms with Gasteiger partial charge in [-0.2, -0.15) is 0 Å². The number of methoxy groups -OCH3 is 2. The van der Waals surface area contributed by atoms with Gasteiger partial charge in [-0.15, -0.1) is 0 Å². The van der Waals surface area contributed by atoms with Crippen LogP contribution in [0.15, 0.2) is 34.9 Å². The monoisotopic (exact) mass is 222 g/mol. The first-order valence-corrected chi connectivity index (χ1v) is 4.85. The second kappa shape index (κ2) is 5.30. The summed E-state index contributed by atoms with van der Waals surface area (Å²) in [6.07, 6.45) is 5.79. The second-order valence-corrected chi connectivity index (χ2v) is 3.34. The van der Waals surface area contributed by atoms with Gasteiger partial charge in [0.15, 0.2) is 0 Å². The van der Waals surface area contributed by atoms with E-state index in [4.69, 9.17) is 0 Å². The molecule has 0 fully saturated rings. The van der Waals surface area contributed by atoms with Gasteiger partial charge in [0.05, 0.1) is 25.4 Å². The van der Waals surface area contributed by atoms with E-state index >= 15 is 0 Å². The van der Waals surface area contributed by atoms with Crippen molar-refractivity contribution in [1.82, 2.24) is 0 Å². The third-order valence-electron chi connectivity index (χ3n) is 2.23. The summed E-state index contributed by atoms with van der Waals surface area (Å²) in [6, 6.07) is 0. The SMILES string of the molecule is COC(=O)C1=CCC=C(C)C=C1C(=O)OC. The van der Waals surface area contributed by atoms with Crippen molar-refractivity contribution < 1.29 is 19.1 Å². The summed E-state index contributed by atoms with van der Waals surface area (Å²) in [7, 11) is 2.56. The van der Waals surface area contributed by atoms with Crippen molar-refractivity contribution >= 4 is 11.9 Å². The first-order valence-electron chi connectivity index (χ1n) is 4.85. The molecule has 0 atom stereocenters. The molecule has 4 heteroatoms. The molecule has 0 unspecified atom stereocenters. The van der Waals surface area contributed by atoms with Crippen molar-refractivity contribution in [2.45, 2.75) is 13.3 Å². The van der Waals surface area contributed by atoms with E-state index in [0.717, 1.165) is 5.57 Å². The van der Waals surface area contributed by atoms with Crippen LogP contribution in [0.2, 0.25) is 0 Å². The fourth-order valence-corrected chi connectivity index (χ4v) is 1.42. The van der Waals surface area contributed by atoms with E-state index in [-0.39, 0.29) is 11.1 Å². The highest BCUT2D eigenvalue weighted by Crippen LogP contribution is 2.20. The Kier molecular flexibility index (Phi) is 4.05. The largest absolute Gasteiger partial charge is 0.465 e. The standard InChI is InChI=1S/C12H14O4/c1-8-5-4-6-9(11(13)15-2)10(7-8)12(14)16-3/h5-7H,4H2,1-3H3. The number of allylic oxidation sites excluding steroid dienone is 4. The minimum Gasteiger partial charge on any atom is -0.465 e. The van der Waals surface area contributed by atoms with Crippen molar-refractivity contribution in [1.29, 1.82) is 0 Å². The summed E-state index contributed by atoms with van der Waals surface area (Å²) in [5, 5.41) is 0. The molecule has 1 aliphatic carbocycles. The molecule has 0 aromatic carbocycles. The van der Waals surface area contributed by atoms with E-state index in [9.17, 15) is 9.59 Å². The Morgan fingerprint density at radius 1 is 1.06 bits per heavy atom. The van der Waals surface area contributed by atoms with Crippen LogP contribution in [-0.4, -0.2) is 26.2 Å². The highest BCUT2D eigenvalue weighted by Gasteiger charge is 2.22. The summed E-state index contributed by atoms with van der Waals surface area (Å²) < 4.78 is 9.26. The third-order valence-corrected chi connectivity index (χ3v) is 2.23. The van der Waals surface area contributed by atoms with E-state index in [2.05, 4.69) is 9.47 Å². The molecule has 0 aliphatic heterocycles. The van der Waals surface area contributed by atoms with E-state index in [1.165, 1.54) is 14.2 Å². The van der Waals surface area contributed by atoms with E-state index in [0.29, 0.717) is 6.42 Å². The lowest BCUT2D eigenvalue weighted by Crippen LogP contribution is -2.14. The Morgan fingerprint density at radius 3 is 2.19 bits per heavy atom. The van der Waals surface area contributed by atoms with Crippen LogP contribution < -0.4 is 0 Å². The molecule has 0 saturated carbocycles. The zero-order chi connectivity index (χ0) is 12.1.